The molecule has 0 bridgehead atoms. The molecule has 188 valence electrons. The number of aliphatic imine (C=N–C) groups is 1. The molecule has 0 spiro atoms. The monoisotopic (exact) mass is 498 g/mol. The second-order valence-electron chi connectivity index (χ2n) is 7.80. The van der Waals surface area contributed by atoms with Gasteiger partial charge in [0.2, 0.25) is 0 Å². The molecule has 1 heterocycles. The number of allylic oxidation sites excluding steroid dienone is 1. The molecule has 0 fully saturated rings. The third-order valence-electron chi connectivity index (χ3n) is 4.98. The van der Waals surface area contributed by atoms with E-state index in [1.807, 2.05) is 0 Å². The van der Waals surface area contributed by atoms with Crippen LogP contribution in [0.1, 0.15) is 32.4 Å². The highest BCUT2D eigenvalue weighted by molar-refractivity contribution is 6.00. The first-order valence-electron chi connectivity index (χ1n) is 10.6. The van der Waals surface area contributed by atoms with Crippen LogP contribution >= 0.6 is 0 Å². The van der Waals surface area contributed by atoms with Gasteiger partial charge in [-0.1, -0.05) is 12.1 Å². The summed E-state index contributed by atoms with van der Waals surface area (Å²) in [5.74, 6) is -0.817. The van der Waals surface area contributed by atoms with Gasteiger partial charge in [-0.2, -0.15) is 0 Å². The predicted octanol–water partition coefficient (Wildman–Crippen LogP) is 4.29. The van der Waals surface area contributed by atoms with Crippen molar-refractivity contribution in [2.24, 2.45) is 4.99 Å². The minimum atomic E-state index is -1.26. The Labute approximate surface area is 204 Å². The molecule has 2 aromatic carbocycles. The summed E-state index contributed by atoms with van der Waals surface area (Å²) in [6, 6.07) is 8.64. The lowest BCUT2D eigenvalue weighted by molar-refractivity contribution is -0.385. The molecule has 13 nitrogen and oxygen atoms in total. The fourth-order valence-corrected chi connectivity index (χ4v) is 3.47. The van der Waals surface area contributed by atoms with Crippen molar-refractivity contribution in [2.45, 2.75) is 32.9 Å². The van der Waals surface area contributed by atoms with Crippen molar-refractivity contribution >= 4 is 29.5 Å². The molecule has 1 unspecified atom stereocenters. The van der Waals surface area contributed by atoms with Crippen LogP contribution in [-0.2, 0) is 14.3 Å². The summed E-state index contributed by atoms with van der Waals surface area (Å²) < 4.78 is 16.0. The van der Waals surface area contributed by atoms with Crippen LogP contribution < -0.4 is 4.74 Å². The third kappa shape index (κ3) is 5.46. The highest BCUT2D eigenvalue weighted by Gasteiger charge is 2.42. The van der Waals surface area contributed by atoms with Crippen molar-refractivity contribution in [3.8, 4) is 5.75 Å². The maximum atomic E-state index is 13.4. The van der Waals surface area contributed by atoms with Crippen molar-refractivity contribution in [3.05, 3.63) is 85.6 Å². The number of ether oxygens (including phenoxy) is 3. The molecule has 1 aliphatic heterocycles. The Morgan fingerprint density at radius 3 is 2.22 bits per heavy atom. The molecule has 0 aliphatic carbocycles. The van der Waals surface area contributed by atoms with E-state index in [0.29, 0.717) is 0 Å². The first kappa shape index (κ1) is 25.8. The average Bonchev–Trinajstić information content (AvgIpc) is 2.82. The summed E-state index contributed by atoms with van der Waals surface area (Å²) in [7, 11) is 1.25. The van der Waals surface area contributed by atoms with E-state index in [0.717, 1.165) is 17.0 Å². The standard InChI is InChI=1S/C23H22N4O9/c1-13(2)35-21(28)19-14(3)24-22(34-4)25(20(19)15-6-5-7-17(12-15)27(32)33)23(29)36-18-10-8-16(9-11-18)26(30)31/h5-13,20H,1-4H3. The predicted molar refractivity (Wildman–Crippen MR) is 125 cm³/mol. The van der Waals surface area contributed by atoms with Crippen molar-refractivity contribution in [1.29, 1.82) is 0 Å². The molecule has 1 atom stereocenters. The number of esters is 1. The number of rotatable bonds is 6. The molecule has 36 heavy (non-hydrogen) atoms. The number of hydrogen-bond donors (Lipinski definition) is 0. The van der Waals surface area contributed by atoms with Gasteiger partial charge >= 0.3 is 18.1 Å². The molecular weight excluding hydrogens is 476 g/mol. The van der Waals surface area contributed by atoms with Crippen molar-refractivity contribution in [2.75, 3.05) is 7.11 Å². The number of carbonyl (C=O) groups excluding carboxylic acids is 2. The minimum absolute atomic E-state index is 0.0311. The first-order valence-corrected chi connectivity index (χ1v) is 10.6. The molecule has 1 aliphatic rings. The average molecular weight is 498 g/mol. The van der Waals surface area contributed by atoms with Gasteiger partial charge in [0, 0.05) is 24.3 Å². The molecule has 13 heteroatoms. The van der Waals surface area contributed by atoms with Gasteiger partial charge < -0.3 is 14.2 Å². The minimum Gasteiger partial charge on any atom is -0.468 e. The number of non-ortho nitro benzene ring substituents is 2. The number of hydrogen-bond acceptors (Lipinski definition) is 10. The Hall–Kier alpha value is -4.81. The molecular formula is C23H22N4O9. The fraction of sp³-hybridized carbons (Fsp3) is 0.261. The quantitative estimate of drug-likeness (QED) is 0.321. The maximum Gasteiger partial charge on any atom is 0.424 e. The van der Waals surface area contributed by atoms with Gasteiger partial charge in [0.1, 0.15) is 11.8 Å². The van der Waals surface area contributed by atoms with Crippen molar-refractivity contribution in [3.63, 3.8) is 0 Å². The molecule has 0 saturated carbocycles. The highest BCUT2D eigenvalue weighted by atomic mass is 16.6. The van der Waals surface area contributed by atoms with Gasteiger partial charge in [-0.25, -0.2) is 19.5 Å². The van der Waals surface area contributed by atoms with Crippen molar-refractivity contribution in [1.82, 2.24) is 4.90 Å². The number of nitro groups is 2. The van der Waals surface area contributed by atoms with Crippen LogP contribution in [-0.4, -0.2) is 46.0 Å². The summed E-state index contributed by atoms with van der Waals surface area (Å²) >= 11 is 0. The van der Waals surface area contributed by atoms with Crippen molar-refractivity contribution < 1.29 is 33.6 Å². The number of amidine groups is 1. The summed E-state index contributed by atoms with van der Waals surface area (Å²) in [6.07, 6.45) is -1.56. The second kappa shape index (κ2) is 10.6. The first-order chi connectivity index (χ1) is 17.0. The smallest absolute Gasteiger partial charge is 0.424 e. The molecule has 2 aromatic rings. The molecule has 0 radical (unpaired) electrons. The second-order valence-corrected chi connectivity index (χ2v) is 7.80. The lowest BCUT2D eigenvalue weighted by Crippen LogP contribution is -2.46. The molecule has 0 aromatic heterocycles. The number of carbonyl (C=O) groups is 2. The molecule has 1 amide bonds. The Bertz CT molecular complexity index is 1270. The molecule has 0 N–H and O–H groups in total. The maximum absolute atomic E-state index is 13.4. The van der Waals surface area contributed by atoms with E-state index in [9.17, 15) is 29.8 Å². The van der Waals surface area contributed by atoms with Crippen LogP contribution in [0, 0.1) is 20.2 Å². The summed E-state index contributed by atoms with van der Waals surface area (Å²) in [6.45, 7) is 4.80. The van der Waals surface area contributed by atoms with E-state index in [1.165, 1.54) is 50.4 Å². The van der Waals surface area contributed by atoms with E-state index >= 15 is 0 Å². The van der Waals surface area contributed by atoms with Gasteiger partial charge in [0.05, 0.1) is 34.3 Å². The van der Waals surface area contributed by atoms with E-state index in [2.05, 4.69) is 4.99 Å². The Balaban J connectivity index is 2.12. The zero-order valence-corrected chi connectivity index (χ0v) is 19.7. The number of benzene rings is 2. The van der Waals surface area contributed by atoms with Gasteiger partial charge in [-0.3, -0.25) is 20.2 Å². The molecule has 3 rings (SSSR count). The van der Waals surface area contributed by atoms with Crippen LogP contribution in [0.2, 0.25) is 0 Å². The Morgan fingerprint density at radius 1 is 1.03 bits per heavy atom. The Kier molecular flexibility index (Phi) is 7.62. The fourth-order valence-electron chi connectivity index (χ4n) is 3.47. The van der Waals surface area contributed by atoms with Gasteiger partial charge in [0.25, 0.3) is 11.4 Å². The number of methoxy groups -OCH3 is 1. The van der Waals surface area contributed by atoms with Crippen LogP contribution in [0.15, 0.2) is 64.8 Å². The van der Waals surface area contributed by atoms with Gasteiger partial charge in [-0.15, -0.1) is 0 Å². The number of amides is 1. The lowest BCUT2D eigenvalue weighted by atomic mass is 9.94. The van der Waals surface area contributed by atoms with Gasteiger partial charge in [0.15, 0.2) is 0 Å². The summed E-state index contributed by atoms with van der Waals surface area (Å²) in [4.78, 5) is 52.7. The third-order valence-corrected chi connectivity index (χ3v) is 4.98. The van der Waals surface area contributed by atoms with E-state index < -0.39 is 34.1 Å². The van der Waals surface area contributed by atoms with E-state index in [-0.39, 0.29) is 40.0 Å². The van der Waals surface area contributed by atoms with Gasteiger partial charge in [-0.05, 0) is 38.5 Å². The normalized spacial score (nSPS) is 15.3. The number of nitro benzene ring substituents is 2. The number of nitrogens with zero attached hydrogens (tertiary/aromatic N) is 4. The summed E-state index contributed by atoms with van der Waals surface area (Å²) in [5, 5.41) is 22.3. The Morgan fingerprint density at radius 2 is 1.67 bits per heavy atom. The van der Waals surface area contributed by atoms with Crippen LogP contribution in [0.3, 0.4) is 0 Å². The van der Waals surface area contributed by atoms with Crippen LogP contribution in [0.4, 0.5) is 16.2 Å². The SMILES string of the molecule is COC1=NC(C)=C(C(=O)OC(C)C)C(c2cccc([N+](=O)[O-])c2)N1C(=O)Oc1ccc([N+](=O)[O-])cc1. The lowest BCUT2D eigenvalue weighted by Gasteiger charge is -2.35. The highest BCUT2D eigenvalue weighted by Crippen LogP contribution is 2.38. The zero-order chi connectivity index (χ0) is 26.6. The zero-order valence-electron chi connectivity index (χ0n) is 19.7. The largest absolute Gasteiger partial charge is 0.468 e. The van der Waals surface area contributed by atoms with E-state index in [4.69, 9.17) is 14.2 Å². The summed E-state index contributed by atoms with van der Waals surface area (Å²) in [5.41, 5.74) is -0.158. The van der Waals surface area contributed by atoms with Crippen LogP contribution in [0.5, 0.6) is 5.75 Å². The topological polar surface area (TPSA) is 164 Å². The van der Waals surface area contributed by atoms with Crippen LogP contribution in [0.25, 0.3) is 0 Å². The molecule has 0 saturated heterocycles. The van der Waals surface area contributed by atoms with E-state index in [1.54, 1.807) is 13.8 Å².